The van der Waals surface area contributed by atoms with Gasteiger partial charge in [-0.3, -0.25) is 0 Å². The highest BCUT2D eigenvalue weighted by Gasteiger charge is 2.40. The Morgan fingerprint density at radius 3 is 2.73 bits per heavy atom. The van der Waals surface area contributed by atoms with Crippen molar-refractivity contribution >= 4 is 0 Å². The molecule has 3 rings (SSSR count). The first-order valence-corrected chi connectivity index (χ1v) is 8.02. The summed E-state index contributed by atoms with van der Waals surface area (Å²) < 4.78 is 47.1. The smallest absolute Gasteiger partial charge is 0.334 e. The van der Waals surface area contributed by atoms with Gasteiger partial charge in [0, 0.05) is 12.5 Å². The van der Waals surface area contributed by atoms with Gasteiger partial charge in [0.2, 0.25) is 0 Å². The third kappa shape index (κ3) is 3.62. The van der Waals surface area contributed by atoms with E-state index in [9.17, 15) is 13.2 Å². The van der Waals surface area contributed by atoms with Crippen molar-refractivity contribution in [3.05, 3.63) is 47.5 Å². The van der Waals surface area contributed by atoms with Crippen LogP contribution in [0.15, 0.2) is 35.0 Å². The van der Waals surface area contributed by atoms with Gasteiger partial charge in [-0.25, -0.2) is 4.68 Å². The number of aryl methyl sites for hydroxylation is 1. The number of hydrogen-bond acceptors (Lipinski definition) is 5. The summed E-state index contributed by atoms with van der Waals surface area (Å²) >= 11 is 0. The van der Waals surface area contributed by atoms with E-state index >= 15 is 0 Å². The molecular weight excluding hydrogens is 347 g/mol. The number of alkyl halides is 3. The zero-order chi connectivity index (χ0) is 18.9. The van der Waals surface area contributed by atoms with Crippen LogP contribution in [0.2, 0.25) is 0 Å². The first-order chi connectivity index (χ1) is 12.3. The molecule has 1 N–H and O–H groups in total. The van der Waals surface area contributed by atoms with E-state index in [0.29, 0.717) is 17.9 Å². The Labute approximate surface area is 148 Å². The van der Waals surface area contributed by atoms with Gasteiger partial charge in [-0.05, 0) is 38.6 Å². The van der Waals surface area contributed by atoms with Gasteiger partial charge in [0.1, 0.15) is 0 Å². The highest BCUT2D eigenvalue weighted by Crippen LogP contribution is 2.37. The summed E-state index contributed by atoms with van der Waals surface area (Å²) in [5, 5.41) is 10.7. The van der Waals surface area contributed by atoms with Gasteiger partial charge in [-0.2, -0.15) is 23.3 Å². The van der Waals surface area contributed by atoms with Gasteiger partial charge < -0.3 is 9.84 Å². The molecule has 0 aliphatic carbocycles. The average molecular weight is 365 g/mol. The molecule has 0 aliphatic heterocycles. The lowest BCUT2D eigenvalue weighted by atomic mass is 10.2. The van der Waals surface area contributed by atoms with Crippen molar-refractivity contribution in [2.75, 3.05) is 7.05 Å². The van der Waals surface area contributed by atoms with Gasteiger partial charge in [0.15, 0.2) is 11.5 Å². The van der Waals surface area contributed by atoms with Crippen LogP contribution in [0.4, 0.5) is 13.2 Å². The van der Waals surface area contributed by atoms with Crippen LogP contribution in [-0.4, -0.2) is 33.0 Å². The topological polar surface area (TPSA) is 68.8 Å². The number of nitrogens with zero attached hydrogens (tertiary/aromatic N) is 4. The summed E-state index contributed by atoms with van der Waals surface area (Å²) in [4.78, 5) is 4.10. The van der Waals surface area contributed by atoms with E-state index in [1.807, 2.05) is 6.92 Å². The van der Waals surface area contributed by atoms with Crippen molar-refractivity contribution in [1.29, 1.82) is 0 Å². The average Bonchev–Trinajstić information content (AvgIpc) is 3.20. The van der Waals surface area contributed by atoms with Crippen molar-refractivity contribution in [2.24, 2.45) is 0 Å². The highest BCUT2D eigenvalue weighted by molar-refractivity contribution is 5.58. The molecule has 0 saturated carbocycles. The molecule has 1 unspecified atom stereocenters. The molecule has 2 heterocycles. The van der Waals surface area contributed by atoms with Gasteiger partial charge in [0.25, 0.3) is 5.89 Å². The third-order valence-corrected chi connectivity index (χ3v) is 3.96. The molecule has 2 aromatic heterocycles. The molecule has 138 valence electrons. The zero-order valence-corrected chi connectivity index (χ0v) is 14.5. The minimum Gasteiger partial charge on any atom is -0.334 e. The van der Waals surface area contributed by atoms with Crippen LogP contribution in [0, 0.1) is 6.92 Å². The Morgan fingerprint density at radius 2 is 2.08 bits per heavy atom. The summed E-state index contributed by atoms with van der Waals surface area (Å²) in [6.45, 7) is 3.71. The van der Waals surface area contributed by atoms with Crippen LogP contribution in [0.25, 0.3) is 17.1 Å². The number of aromatic nitrogens is 4. The molecule has 1 atom stereocenters. The van der Waals surface area contributed by atoms with Crippen molar-refractivity contribution in [3.8, 4) is 17.1 Å². The lowest BCUT2D eigenvalue weighted by Crippen LogP contribution is -2.24. The largest absolute Gasteiger partial charge is 0.434 e. The van der Waals surface area contributed by atoms with Crippen LogP contribution >= 0.6 is 0 Å². The van der Waals surface area contributed by atoms with E-state index in [2.05, 4.69) is 20.6 Å². The van der Waals surface area contributed by atoms with E-state index in [4.69, 9.17) is 4.52 Å². The second-order valence-electron chi connectivity index (χ2n) is 6.07. The maximum absolute atomic E-state index is 13.7. The fourth-order valence-electron chi connectivity index (χ4n) is 2.56. The van der Waals surface area contributed by atoms with Gasteiger partial charge in [-0.15, -0.1) is 0 Å². The molecule has 26 heavy (non-hydrogen) atoms. The van der Waals surface area contributed by atoms with E-state index in [1.54, 1.807) is 38.2 Å². The quantitative estimate of drug-likeness (QED) is 0.751. The Kier molecular flexibility index (Phi) is 4.82. The molecule has 3 aromatic rings. The summed E-state index contributed by atoms with van der Waals surface area (Å²) in [5.41, 5.74) is -0.0456. The zero-order valence-electron chi connectivity index (χ0n) is 14.5. The van der Waals surface area contributed by atoms with E-state index in [-0.39, 0.29) is 17.5 Å². The van der Waals surface area contributed by atoms with E-state index < -0.39 is 11.9 Å². The second kappa shape index (κ2) is 6.91. The number of rotatable bonds is 5. The van der Waals surface area contributed by atoms with Crippen molar-refractivity contribution in [3.63, 3.8) is 0 Å². The lowest BCUT2D eigenvalue weighted by Gasteiger charge is -2.12. The molecule has 9 heteroatoms. The van der Waals surface area contributed by atoms with Crippen molar-refractivity contribution in [2.45, 2.75) is 32.5 Å². The first kappa shape index (κ1) is 18.1. The van der Waals surface area contributed by atoms with Crippen LogP contribution in [0.5, 0.6) is 0 Å². The number of likely N-dealkylation sites (N-methyl/N-ethyl adjacent to an activating group) is 1. The Balaban J connectivity index is 2.06. The molecule has 0 spiro atoms. The number of halogens is 3. The first-order valence-electron chi connectivity index (χ1n) is 8.02. The maximum Gasteiger partial charge on any atom is 0.434 e. The lowest BCUT2D eigenvalue weighted by molar-refractivity contribution is -0.142. The van der Waals surface area contributed by atoms with Gasteiger partial charge >= 0.3 is 6.18 Å². The number of nitrogens with one attached hydrogen (secondary N) is 1. The van der Waals surface area contributed by atoms with Crippen LogP contribution in [0.1, 0.15) is 24.0 Å². The van der Waals surface area contributed by atoms with Crippen molar-refractivity contribution < 1.29 is 17.7 Å². The standard InChI is InChI=1S/C17H18F3N5O/c1-10-5-4-6-12(7-10)25-15(17(18,19)20)13(9-22-25)16-23-14(24-26-16)8-11(2)21-3/h4-7,9,11,21H,8H2,1-3H3. The fourth-order valence-corrected chi connectivity index (χ4v) is 2.56. The molecule has 0 saturated heterocycles. The summed E-state index contributed by atoms with van der Waals surface area (Å²) in [6.07, 6.45) is -3.10. The molecule has 0 fully saturated rings. The Hall–Kier alpha value is -2.68. The van der Waals surface area contributed by atoms with E-state index in [1.165, 1.54) is 0 Å². The second-order valence-corrected chi connectivity index (χ2v) is 6.07. The molecule has 0 aliphatic rings. The van der Waals surface area contributed by atoms with Crippen LogP contribution in [0.3, 0.4) is 0 Å². The van der Waals surface area contributed by atoms with Gasteiger partial charge in [0.05, 0.1) is 17.4 Å². The maximum atomic E-state index is 13.7. The monoisotopic (exact) mass is 365 g/mol. The normalized spacial score (nSPS) is 13.2. The fraction of sp³-hybridized carbons (Fsp3) is 0.353. The predicted molar refractivity (Wildman–Crippen MR) is 88.8 cm³/mol. The summed E-state index contributed by atoms with van der Waals surface area (Å²) in [7, 11) is 1.78. The molecule has 1 aromatic carbocycles. The highest BCUT2D eigenvalue weighted by atomic mass is 19.4. The SMILES string of the molecule is CNC(C)Cc1noc(-c2cnn(-c3cccc(C)c3)c2C(F)(F)F)n1. The molecule has 0 amide bonds. The Morgan fingerprint density at radius 1 is 1.31 bits per heavy atom. The number of hydrogen-bond donors (Lipinski definition) is 1. The van der Waals surface area contributed by atoms with Crippen LogP contribution in [-0.2, 0) is 12.6 Å². The van der Waals surface area contributed by atoms with Crippen molar-refractivity contribution in [1.82, 2.24) is 25.2 Å². The van der Waals surface area contributed by atoms with Crippen LogP contribution < -0.4 is 5.32 Å². The summed E-state index contributed by atoms with van der Waals surface area (Å²) in [5.74, 6) is 0.132. The predicted octanol–water partition coefficient (Wildman–Crippen LogP) is 3.40. The molecule has 0 bridgehead atoms. The van der Waals surface area contributed by atoms with Gasteiger partial charge in [-0.1, -0.05) is 17.3 Å². The minimum absolute atomic E-state index is 0.0672. The third-order valence-electron chi connectivity index (χ3n) is 3.96. The summed E-state index contributed by atoms with van der Waals surface area (Å²) in [6, 6.07) is 6.73. The molecular formula is C17H18F3N5O. The Bertz CT molecular complexity index is 900. The molecule has 6 nitrogen and oxygen atoms in total. The van der Waals surface area contributed by atoms with E-state index in [0.717, 1.165) is 16.4 Å². The molecule has 0 radical (unpaired) electrons. The number of benzene rings is 1. The minimum atomic E-state index is -4.64.